The van der Waals surface area contributed by atoms with Gasteiger partial charge in [-0.1, -0.05) is 23.1 Å². The molecule has 23 heavy (non-hydrogen) atoms. The van der Waals surface area contributed by atoms with Gasteiger partial charge >= 0.3 is 0 Å². The quantitative estimate of drug-likeness (QED) is 0.747. The highest BCUT2D eigenvalue weighted by molar-refractivity contribution is 8.14. The van der Waals surface area contributed by atoms with Crippen molar-refractivity contribution in [1.82, 2.24) is 4.57 Å². The smallest absolute Gasteiger partial charge is 0.258 e. The Morgan fingerprint density at radius 3 is 2.91 bits per heavy atom. The Hall–Kier alpha value is -1.51. The number of aromatic nitrogens is 1. The summed E-state index contributed by atoms with van der Waals surface area (Å²) < 4.78 is 21.3. The lowest BCUT2D eigenvalue weighted by Crippen LogP contribution is -2.20. The Kier molecular flexibility index (Phi) is 6.49. The molecule has 8 heteroatoms. The SMILES string of the molecule is CCOCCn1c(=NC(=O)CSC(C)=O)sc2cc(F)ccc21. The van der Waals surface area contributed by atoms with Crippen molar-refractivity contribution in [2.45, 2.75) is 20.4 Å². The molecule has 0 N–H and O–H groups in total. The van der Waals surface area contributed by atoms with Gasteiger partial charge in [0.1, 0.15) is 5.82 Å². The summed E-state index contributed by atoms with van der Waals surface area (Å²) in [5.74, 6) is -0.716. The van der Waals surface area contributed by atoms with Crippen LogP contribution in [0, 0.1) is 5.82 Å². The van der Waals surface area contributed by atoms with Crippen molar-refractivity contribution in [3.8, 4) is 0 Å². The molecule has 5 nitrogen and oxygen atoms in total. The predicted octanol–water partition coefficient (Wildman–Crippen LogP) is 2.59. The zero-order chi connectivity index (χ0) is 16.8. The second-order valence-electron chi connectivity index (χ2n) is 4.63. The van der Waals surface area contributed by atoms with E-state index >= 15 is 0 Å². The summed E-state index contributed by atoms with van der Waals surface area (Å²) in [6.45, 7) is 4.90. The standard InChI is InChI=1S/C15H17FN2O3S2/c1-3-21-7-6-18-12-5-4-11(16)8-13(12)23-15(18)17-14(20)9-22-10(2)19/h4-5,8H,3,6-7,9H2,1-2H3. The van der Waals surface area contributed by atoms with Crippen molar-refractivity contribution in [3.05, 3.63) is 28.8 Å². The van der Waals surface area contributed by atoms with E-state index in [0.717, 1.165) is 17.3 Å². The first-order valence-electron chi connectivity index (χ1n) is 7.08. The number of carbonyl (C=O) groups excluding carboxylic acids is 2. The monoisotopic (exact) mass is 356 g/mol. The van der Waals surface area contributed by atoms with Crippen molar-refractivity contribution >= 4 is 44.3 Å². The van der Waals surface area contributed by atoms with E-state index < -0.39 is 0 Å². The number of amides is 1. The first kappa shape index (κ1) is 17.8. The Morgan fingerprint density at radius 1 is 1.43 bits per heavy atom. The molecule has 0 aliphatic carbocycles. The topological polar surface area (TPSA) is 60.7 Å². The van der Waals surface area contributed by atoms with Crippen LogP contribution < -0.4 is 4.80 Å². The molecule has 0 aliphatic heterocycles. The molecule has 0 saturated carbocycles. The van der Waals surface area contributed by atoms with Gasteiger partial charge in [-0.3, -0.25) is 9.59 Å². The molecule has 2 rings (SSSR count). The van der Waals surface area contributed by atoms with Crippen LogP contribution in [0.1, 0.15) is 13.8 Å². The van der Waals surface area contributed by atoms with Crippen LogP contribution in [0.25, 0.3) is 10.2 Å². The van der Waals surface area contributed by atoms with Crippen LogP contribution in [0.15, 0.2) is 23.2 Å². The average molecular weight is 356 g/mol. The lowest BCUT2D eigenvalue weighted by Gasteiger charge is -2.05. The first-order chi connectivity index (χ1) is 11.0. The number of nitrogens with zero attached hydrogens (tertiary/aromatic N) is 2. The molecule has 124 valence electrons. The average Bonchev–Trinajstić information content (AvgIpc) is 2.82. The fraction of sp³-hybridized carbons (Fsp3) is 0.400. The van der Waals surface area contributed by atoms with Gasteiger partial charge in [0.2, 0.25) is 0 Å². The summed E-state index contributed by atoms with van der Waals surface area (Å²) in [7, 11) is 0. The molecule has 0 unspecified atom stereocenters. The molecule has 1 heterocycles. The van der Waals surface area contributed by atoms with Gasteiger partial charge in [-0.15, -0.1) is 0 Å². The van der Waals surface area contributed by atoms with Crippen LogP contribution in [-0.2, 0) is 20.9 Å². The molecule has 0 spiro atoms. The number of thioether (sulfide) groups is 1. The lowest BCUT2D eigenvalue weighted by atomic mass is 10.3. The molecule has 0 saturated heterocycles. The molecule has 0 fully saturated rings. The molecule has 1 amide bonds. The van der Waals surface area contributed by atoms with E-state index in [1.54, 1.807) is 6.07 Å². The molecule has 0 radical (unpaired) electrons. The number of rotatable bonds is 6. The van der Waals surface area contributed by atoms with Crippen LogP contribution in [0.3, 0.4) is 0 Å². The summed E-state index contributed by atoms with van der Waals surface area (Å²) in [5.41, 5.74) is 0.807. The van der Waals surface area contributed by atoms with Gasteiger partial charge < -0.3 is 9.30 Å². The van der Waals surface area contributed by atoms with Gasteiger partial charge in [0, 0.05) is 20.1 Å². The number of fused-ring (bicyclic) bond motifs is 1. The van der Waals surface area contributed by atoms with E-state index in [-0.39, 0.29) is 22.6 Å². The molecular weight excluding hydrogens is 339 g/mol. The zero-order valence-electron chi connectivity index (χ0n) is 12.9. The van der Waals surface area contributed by atoms with E-state index in [0.29, 0.717) is 29.3 Å². The van der Waals surface area contributed by atoms with Crippen molar-refractivity contribution in [3.63, 3.8) is 0 Å². The molecular formula is C15H17FN2O3S2. The summed E-state index contributed by atoms with van der Waals surface area (Å²) in [6, 6.07) is 4.47. The normalized spacial score (nSPS) is 12.0. The van der Waals surface area contributed by atoms with Gasteiger partial charge in [0.15, 0.2) is 9.92 Å². The summed E-state index contributed by atoms with van der Waals surface area (Å²) in [6.07, 6.45) is 0. The number of thiazole rings is 1. The van der Waals surface area contributed by atoms with Crippen LogP contribution >= 0.6 is 23.1 Å². The summed E-state index contributed by atoms with van der Waals surface area (Å²) >= 11 is 2.17. The minimum atomic E-state index is -0.387. The van der Waals surface area contributed by atoms with Crippen molar-refractivity contribution in [2.75, 3.05) is 19.0 Å². The Morgan fingerprint density at radius 2 is 2.22 bits per heavy atom. The first-order valence-corrected chi connectivity index (χ1v) is 8.89. The number of hydrogen-bond acceptors (Lipinski definition) is 5. The van der Waals surface area contributed by atoms with E-state index in [9.17, 15) is 14.0 Å². The summed E-state index contributed by atoms with van der Waals surface area (Å²) in [5, 5.41) is -0.129. The Bertz CT molecular complexity index is 783. The number of halogens is 1. The third-order valence-electron chi connectivity index (χ3n) is 2.93. The maximum Gasteiger partial charge on any atom is 0.258 e. The molecule has 1 aromatic heterocycles. The van der Waals surface area contributed by atoms with Gasteiger partial charge in [0.25, 0.3) is 5.91 Å². The van der Waals surface area contributed by atoms with E-state index in [4.69, 9.17) is 4.74 Å². The van der Waals surface area contributed by atoms with Gasteiger partial charge in [-0.05, 0) is 25.1 Å². The fourth-order valence-electron chi connectivity index (χ4n) is 1.95. The highest BCUT2D eigenvalue weighted by Crippen LogP contribution is 2.18. The number of ether oxygens (including phenoxy) is 1. The molecule has 0 atom stereocenters. The van der Waals surface area contributed by atoms with E-state index in [1.165, 1.54) is 30.4 Å². The Labute approximate surface area is 141 Å². The number of hydrogen-bond donors (Lipinski definition) is 0. The minimum Gasteiger partial charge on any atom is -0.380 e. The third-order valence-corrected chi connectivity index (χ3v) is 4.77. The Balaban J connectivity index is 2.37. The van der Waals surface area contributed by atoms with Gasteiger partial charge in [0.05, 0.1) is 22.6 Å². The maximum absolute atomic E-state index is 13.4. The highest BCUT2D eigenvalue weighted by Gasteiger charge is 2.09. The van der Waals surface area contributed by atoms with Crippen molar-refractivity contribution < 1.29 is 18.7 Å². The van der Waals surface area contributed by atoms with Crippen LogP contribution in [-0.4, -0.2) is 34.6 Å². The highest BCUT2D eigenvalue weighted by atomic mass is 32.2. The predicted molar refractivity (Wildman–Crippen MR) is 90.0 cm³/mol. The summed E-state index contributed by atoms with van der Waals surface area (Å²) in [4.78, 5) is 27.4. The number of carbonyl (C=O) groups is 2. The van der Waals surface area contributed by atoms with Gasteiger partial charge in [-0.25, -0.2) is 4.39 Å². The minimum absolute atomic E-state index is 0.00337. The largest absolute Gasteiger partial charge is 0.380 e. The molecule has 0 aliphatic rings. The number of benzene rings is 1. The fourth-order valence-corrected chi connectivity index (χ4v) is 3.44. The molecule has 2 aromatic rings. The van der Waals surface area contributed by atoms with E-state index in [1.807, 2.05) is 11.5 Å². The van der Waals surface area contributed by atoms with Crippen LogP contribution in [0.4, 0.5) is 4.39 Å². The zero-order valence-corrected chi connectivity index (χ0v) is 14.5. The second kappa shape index (κ2) is 8.37. The van der Waals surface area contributed by atoms with E-state index in [2.05, 4.69) is 4.99 Å². The van der Waals surface area contributed by atoms with Gasteiger partial charge in [-0.2, -0.15) is 4.99 Å². The van der Waals surface area contributed by atoms with Crippen molar-refractivity contribution in [1.29, 1.82) is 0 Å². The lowest BCUT2D eigenvalue weighted by molar-refractivity contribution is -0.116. The maximum atomic E-state index is 13.4. The second-order valence-corrected chi connectivity index (χ2v) is 6.79. The molecule has 1 aromatic carbocycles. The van der Waals surface area contributed by atoms with Crippen molar-refractivity contribution in [2.24, 2.45) is 4.99 Å². The van der Waals surface area contributed by atoms with Crippen LogP contribution in [0.2, 0.25) is 0 Å². The molecule has 0 bridgehead atoms. The third kappa shape index (κ3) is 4.98. The van der Waals surface area contributed by atoms with Crippen LogP contribution in [0.5, 0.6) is 0 Å².